The van der Waals surface area contributed by atoms with Crippen LogP contribution < -0.4 is 10.1 Å². The van der Waals surface area contributed by atoms with E-state index in [1.165, 1.54) is 4.88 Å². The van der Waals surface area contributed by atoms with E-state index in [9.17, 15) is 5.11 Å². The summed E-state index contributed by atoms with van der Waals surface area (Å²) in [4.78, 5) is 5.82. The Labute approximate surface area is 117 Å². The predicted molar refractivity (Wildman–Crippen MR) is 78.0 cm³/mol. The number of rotatable bonds is 4. The van der Waals surface area contributed by atoms with Crippen LogP contribution in [-0.2, 0) is 0 Å². The third-order valence-electron chi connectivity index (χ3n) is 3.09. The molecule has 2 aromatic rings. The second kappa shape index (κ2) is 5.59. The Morgan fingerprint density at radius 1 is 1.42 bits per heavy atom. The highest BCUT2D eigenvalue weighted by atomic mass is 32.1. The first-order valence-corrected chi connectivity index (χ1v) is 6.90. The maximum Gasteiger partial charge on any atom is 0.161 e. The van der Waals surface area contributed by atoms with E-state index in [-0.39, 0.29) is 11.8 Å². The molecule has 0 spiro atoms. The van der Waals surface area contributed by atoms with E-state index in [1.807, 2.05) is 20.0 Å². The fourth-order valence-corrected chi connectivity index (χ4v) is 3.00. The number of aromatic nitrogens is 1. The van der Waals surface area contributed by atoms with Crippen molar-refractivity contribution in [3.05, 3.63) is 28.8 Å². The van der Waals surface area contributed by atoms with E-state index in [0.29, 0.717) is 5.75 Å². The molecule has 0 aliphatic heterocycles. The van der Waals surface area contributed by atoms with Crippen molar-refractivity contribution in [3.8, 4) is 22.1 Å². The molecule has 0 aliphatic rings. The largest absolute Gasteiger partial charge is 0.504 e. The average molecular weight is 278 g/mol. The maximum atomic E-state index is 9.62. The highest BCUT2D eigenvalue weighted by molar-refractivity contribution is 7.15. The number of hydrogen-bond donors (Lipinski definition) is 2. The first-order chi connectivity index (χ1) is 9.06. The number of nitrogens with zero attached hydrogens (tertiary/aromatic N) is 1. The summed E-state index contributed by atoms with van der Waals surface area (Å²) in [5, 5.41) is 13.8. The summed E-state index contributed by atoms with van der Waals surface area (Å²) in [6, 6.07) is 5.57. The second-order valence-corrected chi connectivity index (χ2v) is 5.40. The topological polar surface area (TPSA) is 54.4 Å². The lowest BCUT2D eigenvalue weighted by atomic mass is 10.2. The molecule has 1 aromatic heterocycles. The summed E-state index contributed by atoms with van der Waals surface area (Å²) in [5.41, 5.74) is 1.99. The summed E-state index contributed by atoms with van der Waals surface area (Å²) in [6.45, 7) is 4.13. The fourth-order valence-electron chi connectivity index (χ4n) is 1.88. The Kier molecular flexibility index (Phi) is 4.07. The lowest BCUT2D eigenvalue weighted by Gasteiger charge is -2.07. The molecule has 5 heteroatoms. The third-order valence-corrected chi connectivity index (χ3v) is 4.47. The summed E-state index contributed by atoms with van der Waals surface area (Å²) >= 11 is 1.66. The van der Waals surface area contributed by atoms with E-state index < -0.39 is 0 Å². The highest BCUT2D eigenvalue weighted by Gasteiger charge is 2.15. The Balaban J connectivity index is 2.42. The van der Waals surface area contributed by atoms with Gasteiger partial charge in [-0.25, -0.2) is 4.98 Å². The molecule has 2 N–H and O–H groups in total. The van der Waals surface area contributed by atoms with Crippen LogP contribution in [0.3, 0.4) is 0 Å². The average Bonchev–Trinajstić information content (AvgIpc) is 2.80. The zero-order valence-electron chi connectivity index (χ0n) is 11.5. The van der Waals surface area contributed by atoms with Gasteiger partial charge in [0.1, 0.15) is 5.01 Å². The lowest BCUT2D eigenvalue weighted by Crippen LogP contribution is -2.11. The summed E-state index contributed by atoms with van der Waals surface area (Å²) in [7, 11) is 3.48. The monoisotopic (exact) mass is 278 g/mol. The SMILES string of the molecule is CNC(C)c1sc(-c2ccc(O)c(OC)c2)nc1C. The third kappa shape index (κ3) is 2.72. The van der Waals surface area contributed by atoms with Crippen molar-refractivity contribution in [1.82, 2.24) is 10.3 Å². The zero-order chi connectivity index (χ0) is 14.0. The minimum atomic E-state index is 0.142. The number of hydrogen-bond acceptors (Lipinski definition) is 5. The number of thiazole rings is 1. The van der Waals surface area contributed by atoms with Gasteiger partial charge in [0.25, 0.3) is 0 Å². The Morgan fingerprint density at radius 3 is 2.79 bits per heavy atom. The number of aryl methyl sites for hydroxylation is 1. The van der Waals surface area contributed by atoms with Gasteiger partial charge in [-0.1, -0.05) is 0 Å². The van der Waals surface area contributed by atoms with Crippen LogP contribution in [0.4, 0.5) is 0 Å². The predicted octanol–water partition coefficient (Wildman–Crippen LogP) is 3.11. The van der Waals surface area contributed by atoms with Crippen molar-refractivity contribution >= 4 is 11.3 Å². The number of methoxy groups -OCH3 is 1. The number of aromatic hydroxyl groups is 1. The van der Waals surface area contributed by atoms with E-state index in [0.717, 1.165) is 16.3 Å². The van der Waals surface area contributed by atoms with Gasteiger partial charge in [-0.3, -0.25) is 0 Å². The molecule has 1 aromatic carbocycles. The van der Waals surface area contributed by atoms with Crippen molar-refractivity contribution in [2.45, 2.75) is 19.9 Å². The number of phenols is 1. The first kappa shape index (κ1) is 13.8. The van der Waals surface area contributed by atoms with E-state index in [1.54, 1.807) is 30.6 Å². The van der Waals surface area contributed by atoms with Crippen LogP contribution in [0.15, 0.2) is 18.2 Å². The molecule has 1 heterocycles. The van der Waals surface area contributed by atoms with Gasteiger partial charge < -0.3 is 15.2 Å². The van der Waals surface area contributed by atoms with Gasteiger partial charge in [0.2, 0.25) is 0 Å². The van der Waals surface area contributed by atoms with Gasteiger partial charge in [-0.05, 0) is 39.1 Å². The van der Waals surface area contributed by atoms with Crippen molar-refractivity contribution in [3.63, 3.8) is 0 Å². The Bertz CT molecular complexity index is 581. The van der Waals surface area contributed by atoms with Crippen LogP contribution in [0, 0.1) is 6.92 Å². The van der Waals surface area contributed by atoms with Crippen molar-refractivity contribution < 1.29 is 9.84 Å². The molecule has 19 heavy (non-hydrogen) atoms. The molecule has 0 aliphatic carbocycles. The molecule has 0 fully saturated rings. The molecular formula is C14H18N2O2S. The van der Waals surface area contributed by atoms with Crippen LogP contribution >= 0.6 is 11.3 Å². The van der Waals surface area contributed by atoms with Crippen LogP contribution in [0.1, 0.15) is 23.5 Å². The van der Waals surface area contributed by atoms with Gasteiger partial charge in [0, 0.05) is 16.5 Å². The molecule has 4 nitrogen and oxygen atoms in total. The minimum Gasteiger partial charge on any atom is -0.504 e. The smallest absolute Gasteiger partial charge is 0.161 e. The normalized spacial score (nSPS) is 12.4. The van der Waals surface area contributed by atoms with E-state index in [2.05, 4.69) is 17.2 Å². The minimum absolute atomic E-state index is 0.142. The van der Waals surface area contributed by atoms with E-state index in [4.69, 9.17) is 4.74 Å². The van der Waals surface area contributed by atoms with Gasteiger partial charge in [-0.2, -0.15) is 0 Å². The van der Waals surface area contributed by atoms with Gasteiger partial charge in [-0.15, -0.1) is 11.3 Å². The molecule has 102 valence electrons. The Morgan fingerprint density at radius 2 is 2.16 bits per heavy atom. The quantitative estimate of drug-likeness (QED) is 0.902. The van der Waals surface area contributed by atoms with Crippen LogP contribution in [-0.4, -0.2) is 24.2 Å². The number of benzene rings is 1. The highest BCUT2D eigenvalue weighted by Crippen LogP contribution is 2.35. The Hall–Kier alpha value is -1.59. The molecular weight excluding hydrogens is 260 g/mol. The zero-order valence-corrected chi connectivity index (χ0v) is 12.3. The molecule has 0 saturated heterocycles. The van der Waals surface area contributed by atoms with Crippen LogP contribution in [0.2, 0.25) is 0 Å². The lowest BCUT2D eigenvalue weighted by molar-refractivity contribution is 0.373. The van der Waals surface area contributed by atoms with Crippen LogP contribution in [0.5, 0.6) is 11.5 Å². The van der Waals surface area contributed by atoms with Crippen molar-refractivity contribution in [2.75, 3.05) is 14.2 Å². The summed E-state index contributed by atoms with van der Waals surface area (Å²) in [5.74, 6) is 0.608. The first-order valence-electron chi connectivity index (χ1n) is 6.08. The number of phenolic OH excluding ortho intramolecular Hbond substituents is 1. The standard InChI is InChI=1S/C14H18N2O2S/c1-8(15-3)13-9(2)16-14(19-13)10-5-6-11(17)12(7-10)18-4/h5-8,15,17H,1-4H3. The van der Waals surface area contributed by atoms with Crippen molar-refractivity contribution in [1.29, 1.82) is 0 Å². The molecule has 0 amide bonds. The number of nitrogens with one attached hydrogen (secondary N) is 1. The van der Waals surface area contributed by atoms with Gasteiger partial charge >= 0.3 is 0 Å². The molecule has 0 radical (unpaired) electrons. The maximum absolute atomic E-state index is 9.62. The fraction of sp³-hybridized carbons (Fsp3) is 0.357. The molecule has 1 atom stereocenters. The molecule has 0 bridgehead atoms. The number of ether oxygens (including phenoxy) is 1. The van der Waals surface area contributed by atoms with E-state index >= 15 is 0 Å². The van der Waals surface area contributed by atoms with Gasteiger partial charge in [0.15, 0.2) is 11.5 Å². The van der Waals surface area contributed by atoms with Crippen LogP contribution in [0.25, 0.3) is 10.6 Å². The molecule has 0 saturated carbocycles. The summed E-state index contributed by atoms with van der Waals surface area (Å²) in [6.07, 6.45) is 0. The molecule has 1 unspecified atom stereocenters. The van der Waals surface area contributed by atoms with Gasteiger partial charge in [0.05, 0.1) is 12.8 Å². The molecule has 2 rings (SSSR count). The second-order valence-electron chi connectivity index (χ2n) is 4.37. The van der Waals surface area contributed by atoms with Crippen molar-refractivity contribution in [2.24, 2.45) is 0 Å². The summed E-state index contributed by atoms with van der Waals surface area (Å²) < 4.78 is 5.13.